The lowest BCUT2D eigenvalue weighted by atomic mass is 10.1. The van der Waals surface area contributed by atoms with Crippen LogP contribution in [0, 0.1) is 6.92 Å². The highest BCUT2D eigenvalue weighted by Gasteiger charge is 2.34. The third-order valence-corrected chi connectivity index (χ3v) is 4.17. The molecule has 0 N–H and O–H groups in total. The molecular weight excluding hydrogens is 304 g/mol. The van der Waals surface area contributed by atoms with Gasteiger partial charge in [-0.05, 0) is 36.8 Å². The standard InChI is InChI=1S/C18H16N4O2/c1-12-3-2-4-15(9-12)22-11-14(10-16(22)23)17-20-18(24-21-17)13-5-7-19-8-6-13/h2-9,14H,10-11H2,1H3. The van der Waals surface area contributed by atoms with E-state index in [-0.39, 0.29) is 11.8 Å². The molecule has 3 aromatic rings. The molecule has 1 fully saturated rings. The minimum atomic E-state index is -0.0580. The van der Waals surface area contributed by atoms with E-state index in [1.54, 1.807) is 17.3 Å². The summed E-state index contributed by atoms with van der Waals surface area (Å²) in [5.41, 5.74) is 2.87. The molecule has 1 amide bonds. The van der Waals surface area contributed by atoms with Gasteiger partial charge in [0.25, 0.3) is 5.89 Å². The Bertz CT molecular complexity index is 875. The average molecular weight is 320 g/mol. The van der Waals surface area contributed by atoms with Gasteiger partial charge >= 0.3 is 0 Å². The Balaban J connectivity index is 1.56. The van der Waals surface area contributed by atoms with Gasteiger partial charge in [0, 0.05) is 42.5 Å². The van der Waals surface area contributed by atoms with Crippen LogP contribution in [0.15, 0.2) is 53.3 Å². The van der Waals surface area contributed by atoms with Crippen LogP contribution in [0.25, 0.3) is 11.5 Å². The van der Waals surface area contributed by atoms with Crippen molar-refractivity contribution < 1.29 is 9.32 Å². The van der Waals surface area contributed by atoms with Crippen molar-refractivity contribution >= 4 is 11.6 Å². The molecule has 2 aromatic heterocycles. The van der Waals surface area contributed by atoms with Gasteiger partial charge in [-0.15, -0.1) is 0 Å². The van der Waals surface area contributed by atoms with Gasteiger partial charge < -0.3 is 9.42 Å². The zero-order chi connectivity index (χ0) is 16.5. The van der Waals surface area contributed by atoms with Crippen molar-refractivity contribution in [3.05, 3.63) is 60.2 Å². The monoisotopic (exact) mass is 320 g/mol. The number of carbonyl (C=O) groups excluding carboxylic acids is 1. The molecule has 1 aliphatic rings. The van der Waals surface area contributed by atoms with E-state index >= 15 is 0 Å². The van der Waals surface area contributed by atoms with Gasteiger partial charge in [0.15, 0.2) is 5.82 Å². The molecule has 6 nitrogen and oxygen atoms in total. The maximum absolute atomic E-state index is 12.4. The number of aryl methyl sites for hydroxylation is 1. The predicted molar refractivity (Wildman–Crippen MR) is 88.4 cm³/mol. The van der Waals surface area contributed by atoms with Gasteiger partial charge in [0.05, 0.1) is 0 Å². The molecule has 1 unspecified atom stereocenters. The fourth-order valence-corrected chi connectivity index (χ4v) is 2.94. The predicted octanol–water partition coefficient (Wildman–Crippen LogP) is 2.96. The summed E-state index contributed by atoms with van der Waals surface area (Å²) >= 11 is 0. The number of hydrogen-bond acceptors (Lipinski definition) is 5. The molecule has 0 radical (unpaired) electrons. The van der Waals surface area contributed by atoms with Gasteiger partial charge in [-0.25, -0.2) is 0 Å². The molecule has 1 atom stereocenters. The lowest BCUT2D eigenvalue weighted by Gasteiger charge is -2.16. The summed E-state index contributed by atoms with van der Waals surface area (Å²) < 4.78 is 5.34. The van der Waals surface area contributed by atoms with Crippen molar-refractivity contribution in [2.75, 3.05) is 11.4 Å². The van der Waals surface area contributed by atoms with Gasteiger partial charge in [-0.1, -0.05) is 17.3 Å². The Kier molecular flexibility index (Phi) is 3.57. The lowest BCUT2D eigenvalue weighted by Crippen LogP contribution is -2.24. The highest BCUT2D eigenvalue weighted by molar-refractivity contribution is 5.96. The van der Waals surface area contributed by atoms with Crippen molar-refractivity contribution in [1.82, 2.24) is 15.1 Å². The van der Waals surface area contributed by atoms with Crippen LogP contribution in [0.1, 0.15) is 23.7 Å². The molecule has 3 heterocycles. The summed E-state index contributed by atoms with van der Waals surface area (Å²) in [7, 11) is 0. The Hall–Kier alpha value is -3.02. The van der Waals surface area contributed by atoms with Crippen molar-refractivity contribution in [3.63, 3.8) is 0 Å². The van der Waals surface area contributed by atoms with E-state index in [1.807, 2.05) is 43.3 Å². The largest absolute Gasteiger partial charge is 0.334 e. The molecule has 1 aromatic carbocycles. The first-order valence-electron chi connectivity index (χ1n) is 7.82. The number of rotatable bonds is 3. The molecule has 0 aliphatic carbocycles. The van der Waals surface area contributed by atoms with Crippen LogP contribution in [0.2, 0.25) is 0 Å². The number of nitrogens with zero attached hydrogens (tertiary/aromatic N) is 4. The van der Waals surface area contributed by atoms with E-state index in [2.05, 4.69) is 15.1 Å². The second kappa shape index (κ2) is 5.88. The molecule has 0 bridgehead atoms. The van der Waals surface area contributed by atoms with Crippen LogP contribution in [-0.2, 0) is 4.79 Å². The Morgan fingerprint density at radius 1 is 1.21 bits per heavy atom. The van der Waals surface area contributed by atoms with Crippen LogP contribution < -0.4 is 4.90 Å². The van der Waals surface area contributed by atoms with Crippen LogP contribution in [-0.4, -0.2) is 27.6 Å². The van der Waals surface area contributed by atoms with E-state index in [1.165, 1.54) is 0 Å². The Labute approximate surface area is 139 Å². The van der Waals surface area contributed by atoms with E-state index in [4.69, 9.17) is 4.52 Å². The highest BCUT2D eigenvalue weighted by Crippen LogP contribution is 2.31. The first kappa shape index (κ1) is 14.6. The maximum atomic E-state index is 12.4. The van der Waals surface area contributed by atoms with Crippen LogP contribution in [0.5, 0.6) is 0 Å². The second-order valence-electron chi connectivity index (χ2n) is 5.94. The normalized spacial score (nSPS) is 17.5. The quantitative estimate of drug-likeness (QED) is 0.742. The number of amides is 1. The summed E-state index contributed by atoms with van der Waals surface area (Å²) in [4.78, 5) is 22.6. The molecular formula is C18H16N4O2. The van der Waals surface area contributed by atoms with Gasteiger partial charge in [0.1, 0.15) is 0 Å². The van der Waals surface area contributed by atoms with E-state index in [0.717, 1.165) is 16.8 Å². The maximum Gasteiger partial charge on any atom is 0.258 e. The molecule has 24 heavy (non-hydrogen) atoms. The summed E-state index contributed by atoms with van der Waals surface area (Å²) in [5.74, 6) is 1.05. The summed E-state index contributed by atoms with van der Waals surface area (Å²) in [6, 6.07) is 11.6. The summed E-state index contributed by atoms with van der Waals surface area (Å²) in [6.45, 7) is 2.58. The number of aromatic nitrogens is 3. The van der Waals surface area contributed by atoms with Crippen molar-refractivity contribution in [2.45, 2.75) is 19.3 Å². The minimum Gasteiger partial charge on any atom is -0.334 e. The van der Waals surface area contributed by atoms with Crippen molar-refractivity contribution in [3.8, 4) is 11.5 Å². The molecule has 1 saturated heterocycles. The van der Waals surface area contributed by atoms with Gasteiger partial charge in [0.2, 0.25) is 5.91 Å². The molecule has 1 aliphatic heterocycles. The SMILES string of the molecule is Cc1cccc(N2CC(c3noc(-c4ccncc4)n3)CC2=O)c1. The van der Waals surface area contributed by atoms with Crippen molar-refractivity contribution in [1.29, 1.82) is 0 Å². The first-order chi connectivity index (χ1) is 11.7. The van der Waals surface area contributed by atoms with Crippen LogP contribution >= 0.6 is 0 Å². The highest BCUT2D eigenvalue weighted by atomic mass is 16.5. The summed E-state index contributed by atoms with van der Waals surface area (Å²) in [6.07, 6.45) is 3.75. The van der Waals surface area contributed by atoms with Crippen LogP contribution in [0.3, 0.4) is 0 Å². The number of pyridine rings is 1. The number of hydrogen-bond donors (Lipinski definition) is 0. The molecule has 0 saturated carbocycles. The van der Waals surface area contributed by atoms with E-state index in [0.29, 0.717) is 24.7 Å². The fourth-order valence-electron chi connectivity index (χ4n) is 2.94. The number of anilines is 1. The third kappa shape index (κ3) is 2.67. The topological polar surface area (TPSA) is 72.1 Å². The number of benzene rings is 1. The lowest BCUT2D eigenvalue weighted by molar-refractivity contribution is -0.117. The Morgan fingerprint density at radius 2 is 2.04 bits per heavy atom. The molecule has 120 valence electrons. The van der Waals surface area contributed by atoms with E-state index < -0.39 is 0 Å². The van der Waals surface area contributed by atoms with Crippen LogP contribution in [0.4, 0.5) is 5.69 Å². The molecule has 4 rings (SSSR count). The first-order valence-corrected chi connectivity index (χ1v) is 7.82. The third-order valence-electron chi connectivity index (χ3n) is 4.17. The smallest absolute Gasteiger partial charge is 0.258 e. The fraction of sp³-hybridized carbons (Fsp3) is 0.222. The van der Waals surface area contributed by atoms with E-state index in [9.17, 15) is 4.79 Å². The van der Waals surface area contributed by atoms with Crippen molar-refractivity contribution in [2.24, 2.45) is 0 Å². The summed E-state index contributed by atoms with van der Waals surface area (Å²) in [5, 5.41) is 4.07. The average Bonchev–Trinajstić information content (AvgIpc) is 3.22. The zero-order valence-corrected chi connectivity index (χ0v) is 13.2. The zero-order valence-electron chi connectivity index (χ0n) is 13.2. The minimum absolute atomic E-state index is 0.0580. The second-order valence-corrected chi connectivity index (χ2v) is 5.94. The van der Waals surface area contributed by atoms with Gasteiger partial charge in [-0.3, -0.25) is 9.78 Å². The number of carbonyl (C=O) groups is 1. The molecule has 6 heteroatoms. The molecule has 0 spiro atoms. The van der Waals surface area contributed by atoms with Gasteiger partial charge in [-0.2, -0.15) is 4.98 Å². The Morgan fingerprint density at radius 3 is 2.83 bits per heavy atom.